The van der Waals surface area contributed by atoms with E-state index in [9.17, 15) is 14.2 Å². The van der Waals surface area contributed by atoms with Crippen LogP contribution in [0.25, 0.3) is 0 Å². The third-order valence-electron chi connectivity index (χ3n) is 6.84. The van der Waals surface area contributed by atoms with Gasteiger partial charge in [0.05, 0.1) is 6.61 Å². The number of esters is 2. The summed E-state index contributed by atoms with van der Waals surface area (Å²) in [6.07, 6.45) is 40.5. The Kier molecular flexibility index (Phi) is 30.7. The molecule has 1 unspecified atom stereocenters. The van der Waals surface area contributed by atoms with Crippen molar-refractivity contribution in [2.45, 2.75) is 136 Å². The molecule has 0 spiro atoms. The van der Waals surface area contributed by atoms with Crippen molar-refractivity contribution in [2.75, 3.05) is 13.2 Å². The topological polar surface area (TPSA) is 119 Å². The van der Waals surface area contributed by atoms with Gasteiger partial charge in [-0.3, -0.25) is 14.1 Å². The largest absolute Gasteiger partial charge is 0.469 e. The van der Waals surface area contributed by atoms with Gasteiger partial charge in [-0.05, 0) is 51.4 Å². The summed E-state index contributed by atoms with van der Waals surface area (Å²) in [6, 6.07) is 0. The van der Waals surface area contributed by atoms with Crippen LogP contribution in [0.1, 0.15) is 129 Å². The summed E-state index contributed by atoms with van der Waals surface area (Å²) in [5.74, 6) is -0.933. The van der Waals surface area contributed by atoms with Crippen LogP contribution in [-0.4, -0.2) is 41.0 Å². The Balaban J connectivity index is 4.07. The fourth-order valence-corrected chi connectivity index (χ4v) is 4.67. The summed E-state index contributed by atoms with van der Waals surface area (Å²) in [7, 11) is -4.76. The monoisotopic (exact) mass is 664 g/mol. The van der Waals surface area contributed by atoms with Gasteiger partial charge in [-0.25, -0.2) is 4.57 Å². The molecule has 8 nitrogen and oxygen atoms in total. The molecule has 0 rings (SSSR count). The Labute approximate surface area is 279 Å². The minimum atomic E-state index is -4.76. The van der Waals surface area contributed by atoms with Crippen molar-refractivity contribution >= 4 is 19.8 Å². The van der Waals surface area contributed by atoms with Gasteiger partial charge in [0, 0.05) is 12.8 Å². The third-order valence-corrected chi connectivity index (χ3v) is 7.33. The van der Waals surface area contributed by atoms with Crippen LogP contribution < -0.4 is 0 Å². The Morgan fingerprint density at radius 2 is 0.978 bits per heavy atom. The van der Waals surface area contributed by atoms with E-state index in [1.807, 2.05) is 24.3 Å². The second kappa shape index (κ2) is 32.4. The predicted molar refractivity (Wildman–Crippen MR) is 188 cm³/mol. The Morgan fingerprint density at radius 3 is 1.43 bits per heavy atom. The molecule has 2 N–H and O–H groups in total. The van der Waals surface area contributed by atoms with E-state index in [1.165, 1.54) is 19.3 Å². The molecule has 0 radical (unpaired) electrons. The molecule has 0 amide bonds. The van der Waals surface area contributed by atoms with Crippen molar-refractivity contribution in [2.24, 2.45) is 0 Å². The number of allylic oxidation sites excluding steroid dienone is 12. The molecule has 0 saturated heterocycles. The highest BCUT2D eigenvalue weighted by atomic mass is 31.2. The van der Waals surface area contributed by atoms with Crippen molar-refractivity contribution in [1.29, 1.82) is 0 Å². The molecule has 0 aromatic rings. The number of hydrogen-bond acceptors (Lipinski definition) is 6. The number of unbranched alkanes of at least 4 members (excludes halogenated alkanes) is 12. The fraction of sp³-hybridized carbons (Fsp3) is 0.622. The van der Waals surface area contributed by atoms with Crippen LogP contribution in [0.15, 0.2) is 72.9 Å². The zero-order valence-electron chi connectivity index (χ0n) is 28.4. The molecule has 46 heavy (non-hydrogen) atoms. The number of ether oxygens (including phenoxy) is 2. The fourth-order valence-electron chi connectivity index (χ4n) is 4.31. The van der Waals surface area contributed by atoms with Crippen LogP contribution in [0.4, 0.5) is 0 Å². The lowest BCUT2D eigenvalue weighted by Crippen LogP contribution is -2.29. The summed E-state index contributed by atoms with van der Waals surface area (Å²) < 4.78 is 26.2. The minimum Gasteiger partial charge on any atom is -0.462 e. The molecule has 0 aromatic carbocycles. The van der Waals surface area contributed by atoms with Gasteiger partial charge in [0.1, 0.15) is 6.61 Å². The highest BCUT2D eigenvalue weighted by Crippen LogP contribution is 2.35. The predicted octanol–water partition coefficient (Wildman–Crippen LogP) is 9.95. The van der Waals surface area contributed by atoms with Gasteiger partial charge < -0.3 is 19.3 Å². The number of phosphoric ester groups is 1. The summed E-state index contributed by atoms with van der Waals surface area (Å²) in [6.45, 7) is 3.36. The summed E-state index contributed by atoms with van der Waals surface area (Å²) in [5, 5.41) is 0. The lowest BCUT2D eigenvalue weighted by molar-refractivity contribution is -0.161. The highest BCUT2D eigenvalue weighted by molar-refractivity contribution is 7.46. The molecular formula is C37H61O8P. The van der Waals surface area contributed by atoms with Crippen molar-refractivity contribution in [1.82, 2.24) is 0 Å². The average molecular weight is 665 g/mol. The maximum atomic E-state index is 12.3. The van der Waals surface area contributed by atoms with E-state index >= 15 is 0 Å². The molecule has 0 heterocycles. The van der Waals surface area contributed by atoms with Crippen molar-refractivity contribution in [3.63, 3.8) is 0 Å². The zero-order valence-corrected chi connectivity index (χ0v) is 29.3. The molecule has 0 aliphatic carbocycles. The van der Waals surface area contributed by atoms with Crippen LogP contribution in [0.3, 0.4) is 0 Å². The standard InChI is InChI=1S/C37H61O8P/c1-3-5-7-9-11-13-15-17-18-20-21-23-25-27-29-31-36(38)43-33-35(34-44-46(40,41)42)45-37(39)32-30-28-26-24-22-19-16-14-12-10-8-6-4-2/h5-16,35H,3-4,17-34H2,1-2H3,(H2,40,41,42)/b7-5+,8-6+,11-9+,12-10+,15-13+,16-14+. The number of phosphoric acid groups is 1. The second-order valence-electron chi connectivity index (χ2n) is 11.2. The van der Waals surface area contributed by atoms with Gasteiger partial charge in [0.25, 0.3) is 0 Å². The minimum absolute atomic E-state index is 0.182. The highest BCUT2D eigenvalue weighted by Gasteiger charge is 2.22. The molecule has 9 heteroatoms. The molecule has 0 saturated carbocycles. The van der Waals surface area contributed by atoms with E-state index in [1.54, 1.807) is 0 Å². The first-order chi connectivity index (χ1) is 22.3. The first kappa shape index (κ1) is 43.5. The summed E-state index contributed by atoms with van der Waals surface area (Å²) >= 11 is 0. The van der Waals surface area contributed by atoms with E-state index in [0.717, 1.165) is 70.6 Å². The molecule has 0 fully saturated rings. The lowest BCUT2D eigenvalue weighted by atomic mass is 10.1. The van der Waals surface area contributed by atoms with Gasteiger partial charge in [0.15, 0.2) is 6.10 Å². The summed E-state index contributed by atoms with van der Waals surface area (Å²) in [5.41, 5.74) is 0. The Morgan fingerprint density at radius 1 is 0.565 bits per heavy atom. The first-order valence-corrected chi connectivity index (χ1v) is 18.8. The van der Waals surface area contributed by atoms with Crippen molar-refractivity contribution in [3.05, 3.63) is 72.9 Å². The molecule has 262 valence electrons. The smallest absolute Gasteiger partial charge is 0.462 e. The van der Waals surface area contributed by atoms with E-state index < -0.39 is 32.5 Å². The van der Waals surface area contributed by atoms with E-state index in [2.05, 4.69) is 67.0 Å². The van der Waals surface area contributed by atoms with Crippen LogP contribution in [0.5, 0.6) is 0 Å². The lowest BCUT2D eigenvalue weighted by Gasteiger charge is -2.18. The number of hydrogen-bond donors (Lipinski definition) is 2. The average Bonchev–Trinajstić information content (AvgIpc) is 3.02. The SMILES string of the molecule is CC/C=C/C=C/C=C/CCCCCCCCCC(=O)OCC(COP(=O)(O)O)OC(=O)CCCCCCC/C=C/C=C/C=C/CC. The molecule has 1 atom stereocenters. The molecular weight excluding hydrogens is 603 g/mol. The quantitative estimate of drug-likeness (QED) is 0.0337. The molecule has 0 aromatic heterocycles. The van der Waals surface area contributed by atoms with E-state index in [-0.39, 0.29) is 19.4 Å². The normalized spacial score (nSPS) is 13.4. The second-order valence-corrected chi connectivity index (χ2v) is 12.4. The van der Waals surface area contributed by atoms with Crippen LogP contribution in [0.2, 0.25) is 0 Å². The molecule has 0 bridgehead atoms. The van der Waals surface area contributed by atoms with Gasteiger partial charge >= 0.3 is 19.8 Å². The van der Waals surface area contributed by atoms with Gasteiger partial charge in [-0.15, -0.1) is 0 Å². The van der Waals surface area contributed by atoms with Crippen LogP contribution in [0, 0.1) is 0 Å². The third kappa shape index (κ3) is 34.4. The Hall–Kier alpha value is -2.51. The number of carbonyl (C=O) groups excluding carboxylic acids is 2. The van der Waals surface area contributed by atoms with Crippen molar-refractivity contribution in [3.8, 4) is 0 Å². The van der Waals surface area contributed by atoms with E-state index in [0.29, 0.717) is 12.8 Å². The number of rotatable bonds is 30. The van der Waals surface area contributed by atoms with Gasteiger partial charge in [-0.2, -0.15) is 0 Å². The Bertz CT molecular complexity index is 974. The van der Waals surface area contributed by atoms with Gasteiger partial charge in [-0.1, -0.05) is 138 Å². The van der Waals surface area contributed by atoms with Crippen molar-refractivity contribution < 1.29 is 37.9 Å². The van der Waals surface area contributed by atoms with Crippen LogP contribution >= 0.6 is 7.82 Å². The first-order valence-electron chi connectivity index (χ1n) is 17.3. The van der Waals surface area contributed by atoms with E-state index in [4.69, 9.17) is 19.3 Å². The maximum Gasteiger partial charge on any atom is 0.469 e. The van der Waals surface area contributed by atoms with Gasteiger partial charge in [0.2, 0.25) is 0 Å². The molecule has 0 aliphatic heterocycles. The summed E-state index contributed by atoms with van der Waals surface area (Å²) in [4.78, 5) is 42.6. The zero-order chi connectivity index (χ0) is 34.0. The maximum absolute atomic E-state index is 12.3. The van der Waals surface area contributed by atoms with Crippen LogP contribution in [-0.2, 0) is 28.2 Å². The molecule has 0 aliphatic rings. The number of carbonyl (C=O) groups is 2.